The molecule has 1 aromatic carbocycles. The highest BCUT2D eigenvalue weighted by molar-refractivity contribution is 5.29. The maximum atomic E-state index is 9.53. The third kappa shape index (κ3) is 2.56. The van der Waals surface area contributed by atoms with E-state index in [1.54, 1.807) is 6.20 Å². The number of rotatable bonds is 3. The summed E-state index contributed by atoms with van der Waals surface area (Å²) in [6.07, 6.45) is 4.98. The Balaban J connectivity index is 2.03. The van der Waals surface area contributed by atoms with Gasteiger partial charge in [-0.2, -0.15) is 0 Å². The van der Waals surface area contributed by atoms with E-state index in [0.717, 1.165) is 18.4 Å². The van der Waals surface area contributed by atoms with Gasteiger partial charge in [-0.15, -0.1) is 0 Å². The van der Waals surface area contributed by atoms with Gasteiger partial charge in [0, 0.05) is 6.20 Å². The Labute approximate surface area is 89.2 Å². The molecule has 1 heterocycles. The summed E-state index contributed by atoms with van der Waals surface area (Å²) in [7, 11) is 0. The van der Waals surface area contributed by atoms with Crippen LogP contribution >= 0.6 is 0 Å². The van der Waals surface area contributed by atoms with Crippen molar-refractivity contribution in [1.29, 1.82) is 0 Å². The Morgan fingerprint density at radius 3 is 2.53 bits per heavy atom. The van der Waals surface area contributed by atoms with E-state index in [2.05, 4.69) is 17.1 Å². The van der Waals surface area contributed by atoms with E-state index in [4.69, 9.17) is 0 Å². The normalized spacial score (nSPS) is 10.1. The van der Waals surface area contributed by atoms with Crippen molar-refractivity contribution >= 4 is 0 Å². The average Bonchev–Trinajstić information content (AvgIpc) is 2.29. The molecule has 76 valence electrons. The standard InChI is InChI=1S/C13H13NO/c15-13-10-14-9-8-12(13)7-6-11-4-2-1-3-5-11/h1-5,8-10,15H,6-7H2. The van der Waals surface area contributed by atoms with Gasteiger partial charge in [0.05, 0.1) is 6.20 Å². The minimum atomic E-state index is 0.286. The van der Waals surface area contributed by atoms with Crippen molar-refractivity contribution in [3.8, 4) is 5.75 Å². The predicted molar refractivity (Wildman–Crippen MR) is 59.8 cm³/mol. The van der Waals surface area contributed by atoms with Crippen LogP contribution < -0.4 is 0 Å². The lowest BCUT2D eigenvalue weighted by Gasteiger charge is -2.03. The molecule has 0 aliphatic heterocycles. The maximum Gasteiger partial charge on any atom is 0.137 e. The molecule has 0 aliphatic carbocycles. The van der Waals surface area contributed by atoms with Crippen molar-refractivity contribution in [2.75, 3.05) is 0 Å². The molecule has 0 bridgehead atoms. The highest BCUT2D eigenvalue weighted by Gasteiger charge is 2.00. The molecule has 0 saturated carbocycles. The second-order valence-electron chi connectivity index (χ2n) is 3.49. The maximum absolute atomic E-state index is 9.53. The first-order valence-corrected chi connectivity index (χ1v) is 5.02. The third-order valence-electron chi connectivity index (χ3n) is 2.41. The molecule has 1 aromatic heterocycles. The van der Waals surface area contributed by atoms with E-state index in [1.807, 2.05) is 24.3 Å². The van der Waals surface area contributed by atoms with Crippen LogP contribution in [0.4, 0.5) is 0 Å². The van der Waals surface area contributed by atoms with Crippen LogP contribution in [0.15, 0.2) is 48.8 Å². The number of nitrogens with zero attached hydrogens (tertiary/aromatic N) is 1. The molecular formula is C13H13NO. The fourth-order valence-electron chi connectivity index (χ4n) is 1.55. The smallest absolute Gasteiger partial charge is 0.137 e. The molecule has 1 N–H and O–H groups in total. The van der Waals surface area contributed by atoms with Gasteiger partial charge in [0.25, 0.3) is 0 Å². The summed E-state index contributed by atoms with van der Waals surface area (Å²) < 4.78 is 0. The van der Waals surface area contributed by atoms with Crippen LogP contribution in [0.2, 0.25) is 0 Å². The van der Waals surface area contributed by atoms with Gasteiger partial charge in [0.15, 0.2) is 0 Å². The summed E-state index contributed by atoms with van der Waals surface area (Å²) in [5.41, 5.74) is 2.24. The second kappa shape index (κ2) is 4.60. The Bertz CT molecular complexity index is 426. The summed E-state index contributed by atoms with van der Waals surface area (Å²) in [5.74, 6) is 0.286. The van der Waals surface area contributed by atoms with Gasteiger partial charge in [-0.1, -0.05) is 30.3 Å². The van der Waals surface area contributed by atoms with Gasteiger partial charge in [0.1, 0.15) is 5.75 Å². The Kier molecular flexibility index (Phi) is 2.98. The number of hydrogen-bond donors (Lipinski definition) is 1. The van der Waals surface area contributed by atoms with Crippen LogP contribution in [0.3, 0.4) is 0 Å². The van der Waals surface area contributed by atoms with Crippen molar-refractivity contribution in [1.82, 2.24) is 4.98 Å². The zero-order valence-electron chi connectivity index (χ0n) is 8.43. The third-order valence-corrected chi connectivity index (χ3v) is 2.41. The summed E-state index contributed by atoms with van der Waals surface area (Å²) in [4.78, 5) is 3.85. The van der Waals surface area contributed by atoms with Crippen molar-refractivity contribution in [2.24, 2.45) is 0 Å². The van der Waals surface area contributed by atoms with Crippen molar-refractivity contribution in [3.63, 3.8) is 0 Å². The van der Waals surface area contributed by atoms with E-state index in [1.165, 1.54) is 11.8 Å². The van der Waals surface area contributed by atoms with Gasteiger partial charge < -0.3 is 5.11 Å². The van der Waals surface area contributed by atoms with Crippen LogP contribution in [-0.2, 0) is 12.8 Å². The van der Waals surface area contributed by atoms with Crippen LogP contribution in [0.25, 0.3) is 0 Å². The summed E-state index contributed by atoms with van der Waals surface area (Å²) in [6.45, 7) is 0. The first-order valence-electron chi connectivity index (χ1n) is 5.02. The first kappa shape index (κ1) is 9.71. The van der Waals surface area contributed by atoms with Crippen molar-refractivity contribution < 1.29 is 5.11 Å². The molecule has 2 rings (SSSR count). The minimum Gasteiger partial charge on any atom is -0.506 e. The zero-order chi connectivity index (χ0) is 10.5. The topological polar surface area (TPSA) is 33.1 Å². The van der Waals surface area contributed by atoms with E-state index in [0.29, 0.717) is 0 Å². The number of aryl methyl sites for hydroxylation is 2. The Hall–Kier alpha value is -1.83. The van der Waals surface area contributed by atoms with E-state index in [9.17, 15) is 5.11 Å². The van der Waals surface area contributed by atoms with Gasteiger partial charge in [-0.3, -0.25) is 4.98 Å². The van der Waals surface area contributed by atoms with Crippen LogP contribution in [0, 0.1) is 0 Å². The highest BCUT2D eigenvalue weighted by Crippen LogP contribution is 2.16. The van der Waals surface area contributed by atoms with Gasteiger partial charge >= 0.3 is 0 Å². The fraction of sp³-hybridized carbons (Fsp3) is 0.154. The number of benzene rings is 1. The lowest BCUT2D eigenvalue weighted by molar-refractivity contribution is 0.465. The Morgan fingerprint density at radius 2 is 1.80 bits per heavy atom. The lowest BCUT2D eigenvalue weighted by Crippen LogP contribution is -1.91. The van der Waals surface area contributed by atoms with Gasteiger partial charge in [-0.05, 0) is 30.0 Å². The predicted octanol–water partition coefficient (Wildman–Crippen LogP) is 2.57. The quantitative estimate of drug-likeness (QED) is 0.824. The number of aromatic hydroxyl groups is 1. The van der Waals surface area contributed by atoms with Crippen LogP contribution in [-0.4, -0.2) is 10.1 Å². The molecule has 0 fully saturated rings. The van der Waals surface area contributed by atoms with E-state index in [-0.39, 0.29) is 5.75 Å². The number of aromatic nitrogens is 1. The summed E-state index contributed by atoms with van der Waals surface area (Å²) in [6, 6.07) is 12.1. The van der Waals surface area contributed by atoms with Crippen molar-refractivity contribution in [3.05, 3.63) is 59.9 Å². The largest absolute Gasteiger partial charge is 0.506 e. The molecule has 0 aliphatic rings. The molecule has 2 nitrogen and oxygen atoms in total. The molecule has 2 aromatic rings. The zero-order valence-corrected chi connectivity index (χ0v) is 8.43. The van der Waals surface area contributed by atoms with Gasteiger partial charge in [-0.25, -0.2) is 0 Å². The van der Waals surface area contributed by atoms with E-state index < -0.39 is 0 Å². The Morgan fingerprint density at radius 1 is 1.00 bits per heavy atom. The van der Waals surface area contributed by atoms with Crippen LogP contribution in [0.1, 0.15) is 11.1 Å². The molecule has 0 amide bonds. The first-order chi connectivity index (χ1) is 7.36. The monoisotopic (exact) mass is 199 g/mol. The minimum absolute atomic E-state index is 0.286. The molecule has 0 spiro atoms. The molecule has 0 radical (unpaired) electrons. The van der Waals surface area contributed by atoms with Crippen molar-refractivity contribution in [2.45, 2.75) is 12.8 Å². The molecule has 15 heavy (non-hydrogen) atoms. The lowest BCUT2D eigenvalue weighted by atomic mass is 10.1. The molecule has 2 heteroatoms. The number of hydrogen-bond acceptors (Lipinski definition) is 2. The number of pyridine rings is 1. The average molecular weight is 199 g/mol. The second-order valence-corrected chi connectivity index (χ2v) is 3.49. The molecule has 0 unspecified atom stereocenters. The molecule has 0 atom stereocenters. The SMILES string of the molecule is Oc1cnccc1CCc1ccccc1. The fourth-order valence-corrected chi connectivity index (χ4v) is 1.55. The van der Waals surface area contributed by atoms with Gasteiger partial charge in [0.2, 0.25) is 0 Å². The molecular weight excluding hydrogens is 186 g/mol. The molecule has 0 saturated heterocycles. The van der Waals surface area contributed by atoms with E-state index >= 15 is 0 Å². The van der Waals surface area contributed by atoms with Crippen LogP contribution in [0.5, 0.6) is 5.75 Å². The summed E-state index contributed by atoms with van der Waals surface area (Å²) in [5, 5.41) is 9.53. The highest BCUT2D eigenvalue weighted by atomic mass is 16.3. The summed E-state index contributed by atoms with van der Waals surface area (Å²) >= 11 is 0.